The summed E-state index contributed by atoms with van der Waals surface area (Å²) in [4.78, 5) is 65.9. The third-order valence-corrected chi connectivity index (χ3v) is 7.35. The normalized spacial score (nSPS) is 17.1. The number of hydrogen-bond acceptors (Lipinski definition) is 8. The lowest BCUT2D eigenvalue weighted by atomic mass is 10.1. The molecule has 3 heterocycles. The molecule has 4 N–H and O–H groups in total. The van der Waals surface area contributed by atoms with Gasteiger partial charge in [0.15, 0.2) is 23.9 Å². The van der Waals surface area contributed by atoms with Gasteiger partial charge in [0.25, 0.3) is 11.8 Å². The average molecular weight is 638 g/mol. The van der Waals surface area contributed by atoms with E-state index in [4.69, 9.17) is 4.74 Å². The standard InChI is InChI=1S/C28H34F3N7O7/c29-7-8-33-27(43)22-2-1-11-37(22)23(39)16-45-24-15-21(35-38(24)17-3-4-18(30)19(31)14-17)26(42)34-20(5-6-25(40)41)28(44)36-12-9-32-10-13-36/h3-4,14-15,20,22,32H,1-2,5-13,16H2,(H,33,43)(H,34,42)(H,40,41)/t20-,22-/m0/s1. The number of carboxylic acids is 1. The van der Waals surface area contributed by atoms with Crippen LogP contribution in [0.25, 0.3) is 5.69 Å². The maximum absolute atomic E-state index is 14.1. The Hall–Kier alpha value is -4.67. The van der Waals surface area contributed by atoms with Crippen molar-refractivity contribution in [3.63, 3.8) is 0 Å². The lowest BCUT2D eigenvalue weighted by Crippen LogP contribution is -2.54. The fourth-order valence-corrected chi connectivity index (χ4v) is 5.09. The van der Waals surface area contributed by atoms with Crippen LogP contribution in [-0.2, 0) is 19.2 Å². The molecule has 0 unspecified atom stereocenters. The van der Waals surface area contributed by atoms with Crippen LogP contribution in [0.5, 0.6) is 5.88 Å². The number of alkyl halides is 1. The van der Waals surface area contributed by atoms with Gasteiger partial charge in [-0.15, -0.1) is 0 Å². The maximum atomic E-state index is 14.1. The van der Waals surface area contributed by atoms with Crippen molar-refractivity contribution in [1.82, 2.24) is 35.5 Å². The number of hydrogen-bond donors (Lipinski definition) is 4. The molecule has 17 heteroatoms. The second-order valence-corrected chi connectivity index (χ2v) is 10.4. The lowest BCUT2D eigenvalue weighted by molar-refractivity contribution is -0.140. The largest absolute Gasteiger partial charge is 0.481 e. The molecule has 2 fully saturated rings. The summed E-state index contributed by atoms with van der Waals surface area (Å²) in [6.45, 7) is 0.479. The highest BCUT2D eigenvalue weighted by Crippen LogP contribution is 2.23. The molecule has 45 heavy (non-hydrogen) atoms. The van der Waals surface area contributed by atoms with Crippen LogP contribution < -0.4 is 20.7 Å². The first kappa shape index (κ1) is 33.2. The van der Waals surface area contributed by atoms with Crippen molar-refractivity contribution in [3.8, 4) is 11.6 Å². The molecule has 0 saturated carbocycles. The molecule has 2 aromatic rings. The van der Waals surface area contributed by atoms with Gasteiger partial charge in [-0.05, 0) is 31.4 Å². The summed E-state index contributed by atoms with van der Waals surface area (Å²) in [5, 5.41) is 21.3. The minimum Gasteiger partial charge on any atom is -0.481 e. The molecule has 2 atom stereocenters. The SMILES string of the molecule is O=C(O)CC[C@H](NC(=O)c1cc(OCC(=O)N2CCC[C@H]2C(=O)NCCF)n(-c2ccc(F)c(F)c2)n1)C(=O)N1CCNCC1. The summed E-state index contributed by atoms with van der Waals surface area (Å²) >= 11 is 0. The molecule has 0 radical (unpaired) electrons. The van der Waals surface area contributed by atoms with Crippen LogP contribution in [0.15, 0.2) is 24.3 Å². The number of nitrogens with one attached hydrogen (secondary N) is 3. The predicted molar refractivity (Wildman–Crippen MR) is 150 cm³/mol. The van der Waals surface area contributed by atoms with E-state index >= 15 is 0 Å². The van der Waals surface area contributed by atoms with E-state index in [0.717, 1.165) is 28.9 Å². The second kappa shape index (κ2) is 15.4. The third kappa shape index (κ3) is 8.49. The van der Waals surface area contributed by atoms with Crippen LogP contribution >= 0.6 is 0 Å². The summed E-state index contributed by atoms with van der Waals surface area (Å²) in [5.41, 5.74) is -0.375. The predicted octanol–water partition coefficient (Wildman–Crippen LogP) is 0.00100. The van der Waals surface area contributed by atoms with Crippen molar-refractivity contribution in [2.45, 2.75) is 37.8 Å². The number of carboxylic acid groups (broad SMARTS) is 1. The number of amides is 4. The summed E-state index contributed by atoms with van der Waals surface area (Å²) in [6, 6.07) is 1.91. The van der Waals surface area contributed by atoms with Gasteiger partial charge < -0.3 is 35.6 Å². The van der Waals surface area contributed by atoms with Gasteiger partial charge >= 0.3 is 5.97 Å². The van der Waals surface area contributed by atoms with Crippen molar-refractivity contribution in [3.05, 3.63) is 41.6 Å². The zero-order chi connectivity index (χ0) is 32.5. The van der Waals surface area contributed by atoms with Crippen molar-refractivity contribution >= 4 is 29.6 Å². The number of carbonyl (C=O) groups excluding carboxylic acids is 4. The Morgan fingerprint density at radius 2 is 1.84 bits per heavy atom. The first-order valence-corrected chi connectivity index (χ1v) is 14.4. The van der Waals surface area contributed by atoms with Crippen molar-refractivity contribution in [1.29, 1.82) is 0 Å². The van der Waals surface area contributed by atoms with Gasteiger partial charge in [-0.1, -0.05) is 0 Å². The molecule has 1 aromatic carbocycles. The molecular formula is C28H34F3N7O7. The van der Waals surface area contributed by atoms with Gasteiger partial charge in [-0.2, -0.15) is 5.10 Å². The van der Waals surface area contributed by atoms with E-state index in [1.807, 2.05) is 0 Å². The summed E-state index contributed by atoms with van der Waals surface area (Å²) < 4.78 is 46.9. The van der Waals surface area contributed by atoms with E-state index in [2.05, 4.69) is 21.0 Å². The third-order valence-electron chi connectivity index (χ3n) is 7.35. The van der Waals surface area contributed by atoms with Gasteiger partial charge in [0.1, 0.15) is 18.8 Å². The van der Waals surface area contributed by atoms with Crippen LogP contribution in [0, 0.1) is 11.6 Å². The molecule has 4 amide bonds. The zero-order valence-corrected chi connectivity index (χ0v) is 24.3. The lowest BCUT2D eigenvalue weighted by Gasteiger charge is -2.31. The Labute approximate surface area is 255 Å². The van der Waals surface area contributed by atoms with Crippen LogP contribution in [0.4, 0.5) is 13.2 Å². The highest BCUT2D eigenvalue weighted by Gasteiger charge is 2.34. The number of halogens is 3. The molecule has 4 rings (SSSR count). The van der Waals surface area contributed by atoms with Crippen LogP contribution in [0.1, 0.15) is 36.2 Å². The number of aliphatic carboxylic acids is 1. The van der Waals surface area contributed by atoms with Crippen molar-refractivity contribution < 1.29 is 47.0 Å². The molecule has 2 aliphatic heterocycles. The smallest absolute Gasteiger partial charge is 0.303 e. The van der Waals surface area contributed by atoms with Gasteiger partial charge in [0.05, 0.1) is 5.69 Å². The Balaban J connectivity index is 1.55. The molecular weight excluding hydrogens is 603 g/mol. The number of benzene rings is 1. The highest BCUT2D eigenvalue weighted by atomic mass is 19.2. The molecule has 244 valence electrons. The van der Waals surface area contributed by atoms with Gasteiger partial charge in [-0.25, -0.2) is 17.9 Å². The molecule has 0 bridgehead atoms. The van der Waals surface area contributed by atoms with E-state index in [0.29, 0.717) is 39.0 Å². The number of carbonyl (C=O) groups is 5. The van der Waals surface area contributed by atoms with Gasteiger partial charge in [0.2, 0.25) is 17.7 Å². The van der Waals surface area contributed by atoms with E-state index in [9.17, 15) is 42.3 Å². The van der Waals surface area contributed by atoms with E-state index in [1.165, 1.54) is 9.80 Å². The number of rotatable bonds is 13. The minimum absolute atomic E-state index is 0.0561. The fraction of sp³-hybridized carbons (Fsp3) is 0.500. The van der Waals surface area contributed by atoms with Crippen molar-refractivity contribution in [2.75, 3.05) is 52.6 Å². The quantitative estimate of drug-likeness (QED) is 0.236. The Morgan fingerprint density at radius 1 is 1.09 bits per heavy atom. The molecule has 14 nitrogen and oxygen atoms in total. The fourth-order valence-electron chi connectivity index (χ4n) is 5.09. The van der Waals surface area contributed by atoms with Crippen LogP contribution in [0.2, 0.25) is 0 Å². The van der Waals surface area contributed by atoms with Gasteiger partial charge in [-0.3, -0.25) is 24.0 Å². The summed E-state index contributed by atoms with van der Waals surface area (Å²) in [7, 11) is 0. The number of ether oxygens (including phenoxy) is 1. The summed E-state index contributed by atoms with van der Waals surface area (Å²) in [6.07, 6.45) is 0.316. The number of nitrogens with zero attached hydrogens (tertiary/aromatic N) is 4. The molecule has 0 spiro atoms. The number of piperazine rings is 1. The second-order valence-electron chi connectivity index (χ2n) is 10.4. The Bertz CT molecular complexity index is 1420. The van der Waals surface area contributed by atoms with E-state index in [1.54, 1.807) is 0 Å². The van der Waals surface area contributed by atoms with Crippen LogP contribution in [-0.4, -0.2) is 119 Å². The molecule has 2 aliphatic rings. The number of aromatic nitrogens is 2. The monoisotopic (exact) mass is 637 g/mol. The molecule has 1 aromatic heterocycles. The Kier molecular flexibility index (Phi) is 11.3. The minimum atomic E-state index is -1.22. The van der Waals surface area contributed by atoms with Crippen LogP contribution in [0.3, 0.4) is 0 Å². The van der Waals surface area contributed by atoms with E-state index in [-0.39, 0.29) is 36.8 Å². The molecule has 2 saturated heterocycles. The zero-order valence-electron chi connectivity index (χ0n) is 24.3. The topological polar surface area (TPSA) is 175 Å². The van der Waals surface area contributed by atoms with Gasteiger partial charge in [0, 0.05) is 57.8 Å². The van der Waals surface area contributed by atoms with E-state index < -0.39 is 73.0 Å². The first-order valence-electron chi connectivity index (χ1n) is 14.4. The maximum Gasteiger partial charge on any atom is 0.303 e. The van der Waals surface area contributed by atoms with Crippen molar-refractivity contribution in [2.24, 2.45) is 0 Å². The Morgan fingerprint density at radius 3 is 2.53 bits per heavy atom. The first-order chi connectivity index (χ1) is 21.6. The highest BCUT2D eigenvalue weighted by molar-refractivity contribution is 5.96. The molecule has 0 aliphatic carbocycles. The summed E-state index contributed by atoms with van der Waals surface area (Å²) in [5.74, 6) is -6.17. The number of likely N-dealkylation sites (tertiary alicyclic amines) is 1. The average Bonchev–Trinajstić information content (AvgIpc) is 3.70.